The Morgan fingerprint density at radius 1 is 1.33 bits per heavy atom. The first-order valence-corrected chi connectivity index (χ1v) is 11.0. The summed E-state index contributed by atoms with van der Waals surface area (Å²) in [6.07, 6.45) is -5.91. The number of imidazole rings is 1. The number of rotatable bonds is 5. The smallest absolute Gasteiger partial charge is 0.385 e. The Morgan fingerprint density at radius 3 is 2.63 bits per heavy atom. The second-order valence-corrected chi connectivity index (χ2v) is 9.51. The molecule has 1 saturated heterocycles. The van der Waals surface area contributed by atoms with Crippen LogP contribution in [0.2, 0.25) is 0 Å². The summed E-state index contributed by atoms with van der Waals surface area (Å²) in [7, 11) is -5.16. The molecule has 0 saturated carbocycles. The molecule has 0 amide bonds. The summed E-state index contributed by atoms with van der Waals surface area (Å²) in [4.78, 5) is 49.0. The van der Waals surface area contributed by atoms with Gasteiger partial charge in [0.2, 0.25) is 5.95 Å². The molecule has 150 valence electrons. The van der Waals surface area contributed by atoms with E-state index in [9.17, 15) is 24.5 Å². The van der Waals surface area contributed by atoms with Gasteiger partial charge in [0.1, 0.15) is 12.2 Å². The maximum absolute atomic E-state index is 11.8. The molecule has 0 spiro atoms. The third-order valence-electron chi connectivity index (χ3n) is 3.37. The molecule has 8 N–H and O–H groups in total. The number of nitrogens with one attached hydrogen (secondary N) is 1. The van der Waals surface area contributed by atoms with Crippen LogP contribution in [0.4, 0.5) is 5.95 Å². The molecular weight excluding hydrogens is 432 g/mol. The van der Waals surface area contributed by atoms with E-state index in [2.05, 4.69) is 35.6 Å². The molecule has 1 fully saturated rings. The Labute approximate surface area is 153 Å². The van der Waals surface area contributed by atoms with Gasteiger partial charge in [0.25, 0.3) is 5.56 Å². The highest BCUT2D eigenvalue weighted by molar-refractivity contribution is 8.08. The van der Waals surface area contributed by atoms with Gasteiger partial charge in [-0.15, -0.1) is 0 Å². The topological polar surface area (TPSA) is 235 Å². The normalized spacial score (nSPS) is 28.5. The summed E-state index contributed by atoms with van der Waals surface area (Å²) in [6.45, 7) is -4.57. The van der Waals surface area contributed by atoms with E-state index in [-0.39, 0.29) is 17.1 Å². The summed E-state index contributed by atoms with van der Waals surface area (Å²) in [5, 5.41) is 20.1. The van der Waals surface area contributed by atoms with Gasteiger partial charge in [0, 0.05) is 0 Å². The highest BCUT2D eigenvalue weighted by Crippen LogP contribution is 2.59. The number of nitrogens with zero attached hydrogens (tertiary/aromatic N) is 3. The largest absolute Gasteiger partial charge is 0.481 e. The zero-order valence-corrected chi connectivity index (χ0v) is 15.5. The number of fused-ring (bicyclic) bond motifs is 1. The minimum absolute atomic E-state index is 0.0993. The average molecular weight is 445 g/mol. The molecule has 1 aliphatic rings. The van der Waals surface area contributed by atoms with Crippen molar-refractivity contribution in [2.75, 3.05) is 5.73 Å². The number of aromatic amines is 1. The average Bonchev–Trinajstić information content (AvgIpc) is 3.01. The fourth-order valence-corrected chi connectivity index (χ4v) is 4.78. The third-order valence-corrected chi connectivity index (χ3v) is 6.12. The van der Waals surface area contributed by atoms with Gasteiger partial charge in [-0.1, -0.05) is 0 Å². The van der Waals surface area contributed by atoms with Crippen molar-refractivity contribution >= 4 is 43.5 Å². The summed E-state index contributed by atoms with van der Waals surface area (Å²) in [5.41, 5.74) is 4.55. The quantitative estimate of drug-likeness (QED) is 0.238. The molecule has 0 aliphatic carbocycles. The molecule has 0 radical (unpaired) electrons. The van der Waals surface area contributed by atoms with Crippen molar-refractivity contribution in [3.63, 3.8) is 0 Å². The van der Waals surface area contributed by atoms with E-state index in [1.54, 1.807) is 0 Å². The highest BCUT2D eigenvalue weighted by atomic mass is 32.5. The van der Waals surface area contributed by atoms with E-state index in [0.717, 1.165) is 10.9 Å². The fraction of sp³-hybridized carbons (Fsp3) is 0.444. The lowest BCUT2D eigenvalue weighted by atomic mass is 10.2. The third kappa shape index (κ3) is 4.26. The number of nitrogen functional groups attached to an aromatic ring is 1. The van der Waals surface area contributed by atoms with Crippen LogP contribution in [0.15, 0.2) is 11.1 Å². The van der Waals surface area contributed by atoms with Crippen molar-refractivity contribution in [2.45, 2.75) is 24.7 Å². The molecule has 0 aromatic carbocycles. The standard InChI is InChI=1S/C9H13N5O10P2S/c10-9-12-5-2(6(17)13-9)11-1-14(5)7-3(15)4(16)8(22-7)23-25(18,19)24-26(20,21)27/h1,3-4,7-8,15-16H,(H,18,19)(H2,20,21,27)(H3,10,12,13,17)/t3-,4+,7-,8-/m1/s1. The van der Waals surface area contributed by atoms with Crippen LogP contribution in [0.3, 0.4) is 0 Å². The summed E-state index contributed by atoms with van der Waals surface area (Å²) < 4.78 is 26.4. The van der Waals surface area contributed by atoms with Crippen molar-refractivity contribution in [3.05, 3.63) is 16.7 Å². The number of aromatic nitrogens is 4. The summed E-state index contributed by atoms with van der Waals surface area (Å²) >= 11 is 4.06. The molecule has 3 heterocycles. The van der Waals surface area contributed by atoms with E-state index < -0.39 is 44.8 Å². The number of H-pyrrole nitrogens is 1. The van der Waals surface area contributed by atoms with Crippen LogP contribution in [0.1, 0.15) is 6.23 Å². The van der Waals surface area contributed by atoms with Crippen molar-refractivity contribution in [1.82, 2.24) is 19.5 Å². The Bertz CT molecular complexity index is 1020. The number of anilines is 1. The maximum atomic E-state index is 11.8. The number of nitrogens with two attached hydrogens (primary N) is 1. The highest BCUT2D eigenvalue weighted by Gasteiger charge is 2.48. The lowest BCUT2D eigenvalue weighted by Gasteiger charge is -2.20. The van der Waals surface area contributed by atoms with E-state index in [1.807, 2.05) is 0 Å². The second kappa shape index (κ2) is 6.95. The molecule has 18 heteroatoms. The first-order chi connectivity index (χ1) is 12.4. The molecule has 0 bridgehead atoms. The van der Waals surface area contributed by atoms with Crippen molar-refractivity contribution in [3.8, 4) is 0 Å². The van der Waals surface area contributed by atoms with Gasteiger partial charge in [-0.2, -0.15) is 4.98 Å². The number of phosphoric ester groups is 1. The van der Waals surface area contributed by atoms with Gasteiger partial charge in [-0.25, -0.2) is 13.9 Å². The van der Waals surface area contributed by atoms with Crippen LogP contribution in [-0.4, -0.2) is 62.9 Å². The maximum Gasteiger partial charge on any atom is 0.481 e. The second-order valence-electron chi connectivity index (χ2n) is 5.30. The van der Waals surface area contributed by atoms with Crippen LogP contribution in [0.25, 0.3) is 11.2 Å². The molecule has 2 aromatic rings. The first-order valence-electron chi connectivity index (χ1n) is 6.90. The molecule has 5 atom stereocenters. The number of aliphatic hydroxyl groups is 2. The van der Waals surface area contributed by atoms with Gasteiger partial charge in [-0.3, -0.25) is 18.9 Å². The van der Waals surface area contributed by atoms with E-state index in [4.69, 9.17) is 20.3 Å². The predicted octanol–water partition coefficient (Wildman–Crippen LogP) is -2.38. The van der Waals surface area contributed by atoms with E-state index in [1.165, 1.54) is 0 Å². The summed E-state index contributed by atoms with van der Waals surface area (Å²) in [5.74, 6) is -0.250. The molecule has 2 aromatic heterocycles. The van der Waals surface area contributed by atoms with Crippen molar-refractivity contribution in [2.24, 2.45) is 0 Å². The Morgan fingerprint density at radius 2 is 2.00 bits per heavy atom. The Hall–Kier alpha value is -1.29. The van der Waals surface area contributed by atoms with Gasteiger partial charge >= 0.3 is 14.5 Å². The van der Waals surface area contributed by atoms with Gasteiger partial charge in [0.05, 0.1) is 6.33 Å². The van der Waals surface area contributed by atoms with Crippen LogP contribution in [0.5, 0.6) is 0 Å². The van der Waals surface area contributed by atoms with Crippen molar-refractivity contribution in [1.29, 1.82) is 0 Å². The monoisotopic (exact) mass is 445 g/mol. The number of hydrogen-bond acceptors (Lipinski definition) is 11. The molecule has 1 unspecified atom stereocenters. The molecule has 1 aliphatic heterocycles. The summed E-state index contributed by atoms with van der Waals surface area (Å²) in [6, 6.07) is 0. The number of hydrogen-bond donors (Lipinski definition) is 7. The van der Waals surface area contributed by atoms with Gasteiger partial charge in [0.15, 0.2) is 23.7 Å². The van der Waals surface area contributed by atoms with Crippen LogP contribution in [0, 0.1) is 0 Å². The van der Waals surface area contributed by atoms with Crippen molar-refractivity contribution < 1.29 is 43.0 Å². The number of ether oxygens (including phenoxy) is 1. The van der Waals surface area contributed by atoms with E-state index >= 15 is 0 Å². The lowest BCUT2D eigenvalue weighted by molar-refractivity contribution is -0.133. The van der Waals surface area contributed by atoms with Crippen LogP contribution in [-0.2, 0) is 29.9 Å². The predicted molar refractivity (Wildman–Crippen MR) is 89.2 cm³/mol. The van der Waals surface area contributed by atoms with Crippen LogP contribution < -0.4 is 11.3 Å². The fourth-order valence-electron chi connectivity index (χ4n) is 2.36. The zero-order valence-electron chi connectivity index (χ0n) is 12.9. The number of phosphoric acid groups is 1. The first kappa shape index (κ1) is 20.4. The molecule has 15 nitrogen and oxygen atoms in total. The number of aliphatic hydroxyl groups excluding tert-OH is 2. The SMILES string of the molecule is Nc1nc2c(ncn2[C@@H]2O[C@H](OP(=O)(O)OP(O)(O)=S)[C@@H](O)[C@H]2O)c(=O)[nH]1. The minimum atomic E-state index is -5.16. The van der Waals surface area contributed by atoms with Crippen LogP contribution >= 0.6 is 14.5 Å². The van der Waals surface area contributed by atoms with Gasteiger partial charge < -0.3 is 35.4 Å². The van der Waals surface area contributed by atoms with E-state index in [0.29, 0.717) is 0 Å². The zero-order chi connectivity index (χ0) is 20.1. The molecule has 3 rings (SSSR count). The molecule has 27 heavy (non-hydrogen) atoms. The molecular formula is C9H13N5O10P2S. The minimum Gasteiger partial charge on any atom is -0.385 e. The Balaban J connectivity index is 1.89. The Kier molecular flexibility index (Phi) is 5.26. The lowest BCUT2D eigenvalue weighted by Crippen LogP contribution is -2.32. The van der Waals surface area contributed by atoms with Gasteiger partial charge in [-0.05, 0) is 11.8 Å².